The molecule has 0 radical (unpaired) electrons. The fraction of sp³-hybridized carbons (Fsp3) is 0.200. The van der Waals surface area contributed by atoms with Crippen molar-refractivity contribution in [2.75, 3.05) is 23.4 Å². The molecule has 0 fully saturated rings. The van der Waals surface area contributed by atoms with Crippen molar-refractivity contribution in [3.8, 4) is 17.1 Å². The minimum atomic E-state index is -3.45. The fourth-order valence-corrected chi connectivity index (χ4v) is 3.36. The number of nitrogens with zero attached hydrogens (tertiary/aromatic N) is 1. The molecule has 0 atom stereocenters. The molecule has 0 bridgehead atoms. The van der Waals surface area contributed by atoms with E-state index < -0.39 is 10.0 Å². The van der Waals surface area contributed by atoms with E-state index in [1.165, 1.54) is 19.2 Å². The number of rotatable bonds is 8. The number of nitrogens with one attached hydrogen (secondary N) is 2. The van der Waals surface area contributed by atoms with Gasteiger partial charge in [-0.2, -0.15) is 0 Å². The molecular weight excluding hydrogens is 430 g/mol. The van der Waals surface area contributed by atoms with Crippen LogP contribution >= 0.6 is 11.6 Å². The molecule has 30 heavy (non-hydrogen) atoms. The Morgan fingerprint density at radius 1 is 1.20 bits per heavy atom. The topological polar surface area (TPSA) is 111 Å². The van der Waals surface area contributed by atoms with Crippen LogP contribution in [0.15, 0.2) is 53.1 Å². The van der Waals surface area contributed by atoms with Crippen LogP contribution in [-0.4, -0.2) is 32.7 Å². The predicted molar refractivity (Wildman–Crippen MR) is 115 cm³/mol. The van der Waals surface area contributed by atoms with Gasteiger partial charge in [0.15, 0.2) is 11.7 Å². The number of hydrogen-bond donors (Lipinski definition) is 2. The first kappa shape index (κ1) is 21.7. The van der Waals surface area contributed by atoms with Crippen molar-refractivity contribution in [3.63, 3.8) is 0 Å². The summed E-state index contributed by atoms with van der Waals surface area (Å²) < 4.78 is 36.0. The Kier molecular flexibility index (Phi) is 6.63. The number of methoxy groups -OCH3 is 1. The molecule has 1 aromatic heterocycles. The average molecular weight is 450 g/mol. The molecule has 2 N–H and O–H groups in total. The molecule has 0 saturated heterocycles. The van der Waals surface area contributed by atoms with Crippen molar-refractivity contribution < 1.29 is 22.4 Å². The highest BCUT2D eigenvalue weighted by molar-refractivity contribution is 7.92. The van der Waals surface area contributed by atoms with Crippen LogP contribution in [0.25, 0.3) is 11.3 Å². The van der Waals surface area contributed by atoms with Gasteiger partial charge in [-0.1, -0.05) is 11.6 Å². The Bertz CT molecular complexity index is 1140. The van der Waals surface area contributed by atoms with E-state index in [1.54, 1.807) is 24.4 Å². The molecule has 0 spiro atoms. The molecule has 8 nitrogen and oxygen atoms in total. The third-order valence-electron chi connectivity index (χ3n) is 4.03. The van der Waals surface area contributed by atoms with Crippen LogP contribution < -0.4 is 14.8 Å². The summed E-state index contributed by atoms with van der Waals surface area (Å²) in [7, 11) is -2.03. The van der Waals surface area contributed by atoms with Crippen molar-refractivity contribution in [1.82, 2.24) is 4.98 Å². The average Bonchev–Trinajstić information content (AvgIpc) is 3.16. The Labute approximate surface area is 179 Å². The molecule has 158 valence electrons. The second-order valence-electron chi connectivity index (χ2n) is 6.46. The van der Waals surface area contributed by atoms with Crippen LogP contribution in [0.4, 0.5) is 11.4 Å². The highest BCUT2D eigenvalue weighted by atomic mass is 35.5. The first-order chi connectivity index (χ1) is 14.2. The summed E-state index contributed by atoms with van der Waals surface area (Å²) in [4.78, 5) is 16.5. The lowest BCUT2D eigenvalue weighted by Crippen LogP contribution is -2.13. The summed E-state index contributed by atoms with van der Waals surface area (Å²) in [6, 6.07) is 11.8. The number of carbonyl (C=O) groups excluding carboxylic acids is 1. The van der Waals surface area contributed by atoms with E-state index in [4.69, 9.17) is 20.8 Å². The van der Waals surface area contributed by atoms with Gasteiger partial charge in [0, 0.05) is 35.2 Å². The molecule has 1 amide bonds. The lowest BCUT2D eigenvalue weighted by molar-refractivity contribution is -0.116. The van der Waals surface area contributed by atoms with Crippen molar-refractivity contribution in [3.05, 3.63) is 59.6 Å². The van der Waals surface area contributed by atoms with Gasteiger partial charge in [-0.15, -0.1) is 0 Å². The standard InChI is InChI=1S/C20H20ClN3O5S/c1-28-17-11-15(7-8-16(17)24-30(2,26)27)23-19(25)9-10-20-22-12-18(29-20)13-3-5-14(21)6-4-13/h3-8,11-12,24H,9-10H2,1-2H3,(H,23,25). The molecule has 0 saturated carbocycles. The summed E-state index contributed by atoms with van der Waals surface area (Å²) in [5, 5.41) is 3.37. The van der Waals surface area contributed by atoms with Crippen molar-refractivity contribution >= 4 is 38.9 Å². The Morgan fingerprint density at radius 3 is 2.60 bits per heavy atom. The number of amides is 1. The Morgan fingerprint density at radius 2 is 1.93 bits per heavy atom. The zero-order valence-electron chi connectivity index (χ0n) is 16.3. The van der Waals surface area contributed by atoms with Gasteiger partial charge in [0.05, 0.1) is 25.2 Å². The number of aryl methyl sites for hydroxylation is 1. The van der Waals surface area contributed by atoms with E-state index in [-0.39, 0.29) is 18.0 Å². The van der Waals surface area contributed by atoms with Crippen LogP contribution in [0.3, 0.4) is 0 Å². The minimum absolute atomic E-state index is 0.159. The van der Waals surface area contributed by atoms with E-state index in [1.807, 2.05) is 12.1 Å². The number of anilines is 2. The highest BCUT2D eigenvalue weighted by Gasteiger charge is 2.12. The van der Waals surface area contributed by atoms with Gasteiger partial charge in [0.2, 0.25) is 15.9 Å². The molecule has 10 heteroatoms. The SMILES string of the molecule is COc1cc(NC(=O)CCc2ncc(-c3ccc(Cl)cc3)o2)ccc1NS(C)(=O)=O. The van der Waals surface area contributed by atoms with Crippen LogP contribution in [0.1, 0.15) is 12.3 Å². The van der Waals surface area contributed by atoms with Gasteiger partial charge in [-0.05, 0) is 36.4 Å². The van der Waals surface area contributed by atoms with Crippen LogP contribution in [-0.2, 0) is 21.2 Å². The minimum Gasteiger partial charge on any atom is -0.494 e. The number of halogens is 1. The van der Waals surface area contributed by atoms with E-state index in [0.717, 1.165) is 11.8 Å². The summed E-state index contributed by atoms with van der Waals surface area (Å²) in [5.41, 5.74) is 1.61. The summed E-state index contributed by atoms with van der Waals surface area (Å²) in [6.07, 6.45) is 3.13. The van der Waals surface area contributed by atoms with Gasteiger partial charge in [0.1, 0.15) is 5.75 Å². The summed E-state index contributed by atoms with van der Waals surface area (Å²) in [6.45, 7) is 0. The lowest BCUT2D eigenvalue weighted by Gasteiger charge is -2.12. The zero-order valence-corrected chi connectivity index (χ0v) is 17.9. The quantitative estimate of drug-likeness (QED) is 0.538. The predicted octanol–water partition coefficient (Wildman–Crippen LogP) is 3.95. The fourth-order valence-electron chi connectivity index (χ4n) is 2.67. The molecule has 3 aromatic rings. The molecule has 1 heterocycles. The maximum atomic E-state index is 12.3. The van der Waals surface area contributed by atoms with Crippen LogP contribution in [0.2, 0.25) is 5.02 Å². The molecule has 0 aliphatic heterocycles. The van der Waals surface area contributed by atoms with Crippen molar-refractivity contribution in [2.24, 2.45) is 0 Å². The van der Waals surface area contributed by atoms with E-state index in [9.17, 15) is 13.2 Å². The van der Waals surface area contributed by atoms with Crippen molar-refractivity contribution in [2.45, 2.75) is 12.8 Å². The highest BCUT2D eigenvalue weighted by Crippen LogP contribution is 2.29. The van der Waals surface area contributed by atoms with E-state index >= 15 is 0 Å². The second kappa shape index (κ2) is 9.19. The number of ether oxygens (including phenoxy) is 1. The summed E-state index contributed by atoms with van der Waals surface area (Å²) >= 11 is 5.88. The number of carbonyl (C=O) groups is 1. The monoisotopic (exact) mass is 449 g/mol. The van der Waals surface area contributed by atoms with E-state index in [0.29, 0.717) is 34.5 Å². The molecule has 2 aromatic carbocycles. The van der Waals surface area contributed by atoms with Crippen LogP contribution in [0.5, 0.6) is 5.75 Å². The smallest absolute Gasteiger partial charge is 0.229 e. The lowest BCUT2D eigenvalue weighted by atomic mass is 10.2. The normalized spacial score (nSPS) is 11.2. The Balaban J connectivity index is 1.59. The molecule has 0 aliphatic rings. The number of benzene rings is 2. The molecule has 3 rings (SSSR count). The maximum absolute atomic E-state index is 12.3. The molecular formula is C20H20ClN3O5S. The third kappa shape index (κ3) is 5.98. The third-order valence-corrected chi connectivity index (χ3v) is 4.87. The number of sulfonamides is 1. The number of aromatic nitrogens is 1. The molecule has 0 aliphatic carbocycles. The first-order valence-electron chi connectivity index (χ1n) is 8.90. The van der Waals surface area contributed by atoms with Gasteiger partial charge in [-0.3, -0.25) is 9.52 Å². The van der Waals surface area contributed by atoms with Gasteiger partial charge in [-0.25, -0.2) is 13.4 Å². The van der Waals surface area contributed by atoms with Gasteiger partial charge in [0.25, 0.3) is 0 Å². The number of oxazole rings is 1. The van der Waals surface area contributed by atoms with Gasteiger partial charge < -0.3 is 14.5 Å². The second-order valence-corrected chi connectivity index (χ2v) is 8.65. The zero-order chi connectivity index (χ0) is 21.7. The van der Waals surface area contributed by atoms with Crippen LogP contribution in [0, 0.1) is 0 Å². The Hall–Kier alpha value is -3.04. The maximum Gasteiger partial charge on any atom is 0.229 e. The molecule has 0 unspecified atom stereocenters. The number of hydrogen-bond acceptors (Lipinski definition) is 6. The van der Waals surface area contributed by atoms with Crippen molar-refractivity contribution in [1.29, 1.82) is 0 Å². The largest absolute Gasteiger partial charge is 0.494 e. The van der Waals surface area contributed by atoms with Gasteiger partial charge >= 0.3 is 0 Å². The summed E-state index contributed by atoms with van der Waals surface area (Å²) in [5.74, 6) is 1.09. The first-order valence-corrected chi connectivity index (χ1v) is 11.2. The van der Waals surface area contributed by atoms with E-state index in [2.05, 4.69) is 15.0 Å².